The van der Waals surface area contributed by atoms with Crippen LogP contribution in [0.4, 0.5) is 21.7 Å². The largest absolute Gasteiger partial charge is 0.453 e. The van der Waals surface area contributed by atoms with E-state index in [-0.39, 0.29) is 47.1 Å². The van der Waals surface area contributed by atoms with E-state index in [0.29, 0.717) is 29.4 Å². The van der Waals surface area contributed by atoms with E-state index in [1.165, 1.54) is 31.8 Å². The Morgan fingerprint density at radius 3 is 2.81 bits per heavy atom. The molecule has 2 heterocycles. The number of anilines is 3. The Morgan fingerprint density at radius 1 is 1.19 bits per heavy atom. The standard InChI is InChI=1S/C24H22ClFN6O4/c1-34-9-8-20(33)28-11-15-12-35-24(32-15)21-22(27)29-13-30-23(21)31-14-6-7-18(16(25)10-14)36-19-5-3-2-4-17(19)26/h2-7,10,12-13H,8-9,11H2,1H3,(H,28,33)(H3,27,29,30,31). The molecule has 186 valence electrons. The van der Waals surface area contributed by atoms with Gasteiger partial charge in [-0.3, -0.25) is 4.79 Å². The number of nitrogens with one attached hydrogen (secondary N) is 2. The van der Waals surface area contributed by atoms with Crippen molar-refractivity contribution < 1.29 is 23.1 Å². The van der Waals surface area contributed by atoms with Gasteiger partial charge in [-0.05, 0) is 30.3 Å². The van der Waals surface area contributed by atoms with Gasteiger partial charge in [-0.25, -0.2) is 19.3 Å². The number of para-hydroxylation sites is 1. The monoisotopic (exact) mass is 512 g/mol. The van der Waals surface area contributed by atoms with Crippen molar-refractivity contribution in [1.82, 2.24) is 20.3 Å². The Hall–Kier alpha value is -4.22. The quantitative estimate of drug-likeness (QED) is 0.276. The maximum atomic E-state index is 13.9. The molecule has 4 aromatic rings. The lowest BCUT2D eigenvalue weighted by Crippen LogP contribution is -2.23. The summed E-state index contributed by atoms with van der Waals surface area (Å²) in [6.07, 6.45) is 2.94. The topological polar surface area (TPSA) is 137 Å². The zero-order valence-corrected chi connectivity index (χ0v) is 19.9. The number of oxazole rings is 1. The molecule has 2 aromatic carbocycles. The van der Waals surface area contributed by atoms with Crippen molar-refractivity contribution in [3.8, 4) is 23.0 Å². The van der Waals surface area contributed by atoms with Gasteiger partial charge in [-0.2, -0.15) is 0 Å². The molecule has 10 nitrogen and oxygen atoms in total. The highest BCUT2D eigenvalue weighted by Crippen LogP contribution is 2.36. The van der Waals surface area contributed by atoms with E-state index in [9.17, 15) is 9.18 Å². The highest BCUT2D eigenvalue weighted by atomic mass is 35.5. The molecular formula is C24H22ClFN6O4. The second kappa shape index (κ2) is 11.5. The zero-order valence-electron chi connectivity index (χ0n) is 19.1. The molecule has 0 spiro atoms. The third-order valence-corrected chi connectivity index (χ3v) is 5.19. The fourth-order valence-electron chi connectivity index (χ4n) is 3.12. The first-order chi connectivity index (χ1) is 17.4. The van der Waals surface area contributed by atoms with Gasteiger partial charge in [-0.1, -0.05) is 23.7 Å². The third kappa shape index (κ3) is 6.06. The Labute approximate surface area is 210 Å². The summed E-state index contributed by atoms with van der Waals surface area (Å²) in [6, 6.07) is 10.9. The van der Waals surface area contributed by atoms with Crippen LogP contribution in [0.2, 0.25) is 5.02 Å². The Bertz CT molecular complexity index is 1370. The van der Waals surface area contributed by atoms with Gasteiger partial charge in [-0.15, -0.1) is 0 Å². The average Bonchev–Trinajstić information content (AvgIpc) is 3.33. The first-order valence-electron chi connectivity index (χ1n) is 10.7. The number of halogens is 2. The number of methoxy groups -OCH3 is 1. The molecule has 0 radical (unpaired) electrons. The lowest BCUT2D eigenvalue weighted by molar-refractivity contribution is -0.122. The normalized spacial score (nSPS) is 10.8. The Balaban J connectivity index is 1.51. The first-order valence-corrected chi connectivity index (χ1v) is 11.1. The molecule has 0 aliphatic heterocycles. The number of carbonyl (C=O) groups is 1. The predicted octanol–water partition coefficient (Wildman–Crippen LogP) is 4.69. The summed E-state index contributed by atoms with van der Waals surface area (Å²) in [5, 5.41) is 6.08. The van der Waals surface area contributed by atoms with Crippen molar-refractivity contribution >= 4 is 34.8 Å². The van der Waals surface area contributed by atoms with Gasteiger partial charge in [0.05, 0.1) is 23.9 Å². The predicted molar refractivity (Wildman–Crippen MR) is 131 cm³/mol. The van der Waals surface area contributed by atoms with Gasteiger partial charge >= 0.3 is 0 Å². The molecule has 0 unspecified atom stereocenters. The molecular weight excluding hydrogens is 491 g/mol. The van der Waals surface area contributed by atoms with E-state index in [2.05, 4.69) is 25.6 Å². The number of nitrogens with zero attached hydrogens (tertiary/aromatic N) is 3. The summed E-state index contributed by atoms with van der Waals surface area (Å²) in [5.41, 5.74) is 7.46. The van der Waals surface area contributed by atoms with Crippen LogP contribution in [0, 0.1) is 5.82 Å². The van der Waals surface area contributed by atoms with E-state index >= 15 is 0 Å². The molecule has 1 amide bonds. The number of nitrogen functional groups attached to an aromatic ring is 1. The first kappa shape index (κ1) is 24.9. The molecule has 0 fully saturated rings. The SMILES string of the molecule is COCCC(=O)NCc1coc(-c2c(N)ncnc2Nc2ccc(Oc3ccccc3F)c(Cl)c2)n1. The second-order valence-electron chi connectivity index (χ2n) is 7.45. The average molecular weight is 513 g/mol. The maximum absolute atomic E-state index is 13.9. The number of nitrogens with two attached hydrogens (primary N) is 1. The Kier molecular flexibility index (Phi) is 7.93. The van der Waals surface area contributed by atoms with E-state index in [1.807, 2.05) is 0 Å². The van der Waals surface area contributed by atoms with E-state index in [0.717, 1.165) is 0 Å². The molecule has 12 heteroatoms. The van der Waals surface area contributed by atoms with Gasteiger partial charge in [0.15, 0.2) is 11.6 Å². The molecule has 4 rings (SSSR count). The van der Waals surface area contributed by atoms with Crippen LogP contribution in [0.25, 0.3) is 11.5 Å². The number of aromatic nitrogens is 3. The van der Waals surface area contributed by atoms with Gasteiger partial charge < -0.3 is 30.3 Å². The van der Waals surface area contributed by atoms with Crippen molar-refractivity contribution in [3.63, 3.8) is 0 Å². The molecule has 2 aromatic heterocycles. The molecule has 0 bridgehead atoms. The minimum Gasteiger partial charge on any atom is -0.453 e. The smallest absolute Gasteiger partial charge is 0.233 e. The zero-order chi connectivity index (χ0) is 25.5. The summed E-state index contributed by atoms with van der Waals surface area (Å²) >= 11 is 6.36. The van der Waals surface area contributed by atoms with Crippen molar-refractivity contribution in [2.24, 2.45) is 0 Å². The summed E-state index contributed by atoms with van der Waals surface area (Å²) < 4.78 is 30.0. The van der Waals surface area contributed by atoms with Crippen LogP contribution in [0.5, 0.6) is 11.5 Å². The number of carbonyl (C=O) groups excluding carboxylic acids is 1. The molecule has 0 saturated carbocycles. The van der Waals surface area contributed by atoms with Gasteiger partial charge in [0.25, 0.3) is 0 Å². The minimum atomic E-state index is -0.503. The van der Waals surface area contributed by atoms with E-state index in [4.69, 9.17) is 31.2 Å². The number of amides is 1. The number of benzene rings is 2. The highest BCUT2D eigenvalue weighted by molar-refractivity contribution is 6.32. The minimum absolute atomic E-state index is 0.0561. The maximum Gasteiger partial charge on any atom is 0.233 e. The molecule has 0 aliphatic carbocycles. The van der Waals surface area contributed by atoms with Crippen LogP contribution >= 0.6 is 11.6 Å². The van der Waals surface area contributed by atoms with Crippen LogP contribution in [-0.2, 0) is 16.1 Å². The lowest BCUT2D eigenvalue weighted by Gasteiger charge is -2.12. The van der Waals surface area contributed by atoms with Crippen LogP contribution in [0.15, 0.2) is 59.5 Å². The van der Waals surface area contributed by atoms with Gasteiger partial charge in [0.2, 0.25) is 11.8 Å². The number of hydrogen-bond acceptors (Lipinski definition) is 9. The molecule has 0 saturated heterocycles. The fourth-order valence-corrected chi connectivity index (χ4v) is 3.34. The van der Waals surface area contributed by atoms with Crippen LogP contribution in [0.1, 0.15) is 12.1 Å². The Morgan fingerprint density at radius 2 is 2.03 bits per heavy atom. The fraction of sp³-hybridized carbons (Fsp3) is 0.167. The summed E-state index contributed by atoms with van der Waals surface area (Å²) in [6.45, 7) is 0.491. The molecule has 4 N–H and O–H groups in total. The number of rotatable bonds is 10. The van der Waals surface area contributed by atoms with Crippen molar-refractivity contribution in [2.45, 2.75) is 13.0 Å². The third-order valence-electron chi connectivity index (χ3n) is 4.89. The second-order valence-corrected chi connectivity index (χ2v) is 7.86. The van der Waals surface area contributed by atoms with Crippen molar-refractivity contribution in [1.29, 1.82) is 0 Å². The van der Waals surface area contributed by atoms with Crippen molar-refractivity contribution in [2.75, 3.05) is 24.8 Å². The van der Waals surface area contributed by atoms with E-state index in [1.54, 1.807) is 30.3 Å². The van der Waals surface area contributed by atoms with Crippen molar-refractivity contribution in [3.05, 3.63) is 71.6 Å². The van der Waals surface area contributed by atoms with Gasteiger partial charge in [0.1, 0.15) is 35.5 Å². The summed E-state index contributed by atoms with van der Waals surface area (Å²) in [5.74, 6) is 0.277. The van der Waals surface area contributed by atoms with Gasteiger partial charge in [0, 0.05) is 19.2 Å². The lowest BCUT2D eigenvalue weighted by atomic mass is 10.2. The number of hydrogen-bond donors (Lipinski definition) is 3. The molecule has 36 heavy (non-hydrogen) atoms. The van der Waals surface area contributed by atoms with Crippen LogP contribution < -0.4 is 21.1 Å². The van der Waals surface area contributed by atoms with E-state index < -0.39 is 5.82 Å². The molecule has 0 atom stereocenters. The number of ether oxygens (including phenoxy) is 2. The summed E-state index contributed by atoms with van der Waals surface area (Å²) in [7, 11) is 1.52. The molecule has 0 aliphatic rings. The highest BCUT2D eigenvalue weighted by Gasteiger charge is 2.18. The summed E-state index contributed by atoms with van der Waals surface area (Å²) in [4.78, 5) is 24.5. The van der Waals surface area contributed by atoms with Crippen LogP contribution in [0.3, 0.4) is 0 Å². The van der Waals surface area contributed by atoms with Crippen LogP contribution in [-0.4, -0.2) is 34.6 Å².